The maximum atomic E-state index is 13.2. The second kappa shape index (κ2) is 53.4. The molecule has 12 nitrogen and oxygen atoms in total. The lowest BCUT2D eigenvalue weighted by atomic mass is 9.99. The highest BCUT2D eigenvalue weighted by atomic mass is 32.3. The van der Waals surface area contributed by atoms with Gasteiger partial charge in [0.1, 0.15) is 24.4 Å². The maximum Gasteiger partial charge on any atom is 0.397 e. The van der Waals surface area contributed by atoms with Gasteiger partial charge >= 0.3 is 10.4 Å². The van der Waals surface area contributed by atoms with Crippen LogP contribution < -0.4 is 5.32 Å². The Morgan fingerprint density at radius 2 is 0.763 bits per heavy atom. The smallest absolute Gasteiger partial charge is 0.394 e. The standard InChI is InChI=1S/C63H125NO11S/c1-3-5-7-9-11-13-15-17-19-21-23-25-26-27-28-29-30-31-33-35-37-39-41-43-45-47-49-51-53-59(67)64-56(55-73-63-61(69)62(75-76(70,71)72)60(68)58(54-65)74-63)57(66)52-50-48-46-44-42-40-38-36-34-32-24-22-20-18-16-14-12-10-8-6-4-2/h56-58,60-63,65-66,68-69H,3-55H2,1-2H3,(H,64,67)(H,70,71,72). The van der Waals surface area contributed by atoms with E-state index in [0.29, 0.717) is 12.8 Å². The van der Waals surface area contributed by atoms with Gasteiger partial charge in [0.2, 0.25) is 5.91 Å². The second-order valence-corrected chi connectivity index (χ2v) is 24.5. The zero-order chi connectivity index (χ0) is 55.4. The molecule has 0 aromatic rings. The van der Waals surface area contributed by atoms with E-state index < -0.39 is 59.9 Å². The quantitative estimate of drug-likeness (QED) is 0.0251. The molecule has 13 heteroatoms. The van der Waals surface area contributed by atoms with E-state index in [1.807, 2.05) is 0 Å². The van der Waals surface area contributed by atoms with Crippen LogP contribution >= 0.6 is 0 Å². The van der Waals surface area contributed by atoms with Crippen LogP contribution in [0.25, 0.3) is 0 Å². The number of hydrogen-bond donors (Lipinski definition) is 6. The minimum absolute atomic E-state index is 0.220. The number of rotatable bonds is 59. The Balaban J connectivity index is 2.25. The van der Waals surface area contributed by atoms with Gasteiger partial charge in [0.15, 0.2) is 6.29 Å². The van der Waals surface area contributed by atoms with Crippen LogP contribution in [-0.2, 0) is 28.9 Å². The van der Waals surface area contributed by atoms with Crippen LogP contribution in [0.1, 0.15) is 341 Å². The fraction of sp³-hybridized carbons (Fsp3) is 0.984. The summed E-state index contributed by atoms with van der Waals surface area (Å²) in [6, 6.07) is -0.854. The number of amides is 1. The van der Waals surface area contributed by atoms with Crippen molar-refractivity contribution in [2.24, 2.45) is 0 Å². The summed E-state index contributed by atoms with van der Waals surface area (Å²) in [7, 11) is -5.08. The monoisotopic (exact) mass is 1100 g/mol. The maximum absolute atomic E-state index is 13.2. The largest absolute Gasteiger partial charge is 0.397 e. The molecule has 76 heavy (non-hydrogen) atoms. The molecule has 0 bridgehead atoms. The van der Waals surface area contributed by atoms with Crippen molar-refractivity contribution in [1.29, 1.82) is 0 Å². The van der Waals surface area contributed by atoms with Crippen LogP contribution in [0.4, 0.5) is 0 Å². The van der Waals surface area contributed by atoms with Gasteiger partial charge in [0, 0.05) is 6.42 Å². The zero-order valence-electron chi connectivity index (χ0n) is 49.6. The molecule has 0 radical (unpaired) electrons. The number of aliphatic hydroxyl groups is 4. The van der Waals surface area contributed by atoms with Crippen LogP contribution in [0.15, 0.2) is 0 Å². The van der Waals surface area contributed by atoms with Crippen molar-refractivity contribution in [1.82, 2.24) is 5.32 Å². The Kier molecular flexibility index (Phi) is 51.4. The topological polar surface area (TPSA) is 192 Å². The fourth-order valence-electron chi connectivity index (χ4n) is 11.1. The van der Waals surface area contributed by atoms with Crippen molar-refractivity contribution in [2.75, 3.05) is 13.2 Å². The number of ether oxygens (including phenoxy) is 2. The van der Waals surface area contributed by atoms with Gasteiger partial charge in [-0.15, -0.1) is 0 Å². The van der Waals surface area contributed by atoms with Crippen molar-refractivity contribution in [3.63, 3.8) is 0 Å². The fourth-order valence-corrected chi connectivity index (χ4v) is 11.6. The molecule has 1 aliphatic heterocycles. The first-order valence-electron chi connectivity index (χ1n) is 32.9. The van der Waals surface area contributed by atoms with Crippen LogP contribution in [0.5, 0.6) is 0 Å². The average molecular weight is 1100 g/mol. The van der Waals surface area contributed by atoms with E-state index in [1.165, 1.54) is 263 Å². The molecule has 1 rings (SSSR count). The van der Waals surface area contributed by atoms with Gasteiger partial charge in [-0.25, -0.2) is 4.18 Å². The third-order valence-electron chi connectivity index (χ3n) is 16.2. The molecule has 1 heterocycles. The van der Waals surface area contributed by atoms with Crippen molar-refractivity contribution in [3.05, 3.63) is 0 Å². The molecule has 1 amide bonds. The number of carbonyl (C=O) groups excluding carboxylic acids is 1. The molecule has 0 aromatic heterocycles. The summed E-state index contributed by atoms with van der Waals surface area (Å²) >= 11 is 0. The molecule has 0 spiro atoms. The summed E-state index contributed by atoms with van der Waals surface area (Å²) in [6.45, 7) is 3.52. The third-order valence-corrected chi connectivity index (χ3v) is 16.6. The van der Waals surface area contributed by atoms with E-state index in [9.17, 15) is 38.2 Å². The SMILES string of the molecule is CCCCCCCCCCCCCCCCCCCCCCCCCCCCCCC(=O)NC(COC1OC(CO)C(O)C(OS(=O)(=O)O)C1O)C(O)CCCCCCCCCCCCCCCCCCCCCCC. The van der Waals surface area contributed by atoms with Crippen LogP contribution in [0.3, 0.4) is 0 Å². The molecule has 6 N–H and O–H groups in total. The molecule has 0 aromatic carbocycles. The van der Waals surface area contributed by atoms with E-state index in [0.717, 1.165) is 51.4 Å². The first kappa shape index (κ1) is 73.1. The van der Waals surface area contributed by atoms with Crippen molar-refractivity contribution >= 4 is 16.3 Å². The molecule has 1 saturated heterocycles. The van der Waals surface area contributed by atoms with E-state index in [2.05, 4.69) is 23.3 Å². The van der Waals surface area contributed by atoms with E-state index in [4.69, 9.17) is 9.47 Å². The zero-order valence-corrected chi connectivity index (χ0v) is 50.4. The van der Waals surface area contributed by atoms with Crippen LogP contribution in [0, 0.1) is 0 Å². The number of unbranched alkanes of at least 4 members (excludes halogenated alkanes) is 47. The first-order valence-corrected chi connectivity index (χ1v) is 34.3. The average Bonchev–Trinajstić information content (AvgIpc) is 3.40. The molecule has 7 unspecified atom stereocenters. The summed E-state index contributed by atoms with van der Waals surface area (Å²) in [4.78, 5) is 13.2. The summed E-state index contributed by atoms with van der Waals surface area (Å²) in [6.07, 6.45) is 55.5. The van der Waals surface area contributed by atoms with Crippen molar-refractivity contribution in [2.45, 2.75) is 384 Å². The molecular weight excluding hydrogens is 979 g/mol. The molecule has 7 atom stereocenters. The second-order valence-electron chi connectivity index (χ2n) is 23.4. The van der Waals surface area contributed by atoms with Gasteiger partial charge in [-0.2, -0.15) is 8.42 Å². The molecule has 0 saturated carbocycles. The highest BCUT2D eigenvalue weighted by molar-refractivity contribution is 7.80. The molecule has 0 aliphatic carbocycles. The Morgan fingerprint density at radius 1 is 0.474 bits per heavy atom. The number of aliphatic hydroxyl groups excluding tert-OH is 4. The Bertz CT molecular complexity index is 1340. The van der Waals surface area contributed by atoms with Gasteiger partial charge in [0.25, 0.3) is 0 Å². The van der Waals surface area contributed by atoms with Gasteiger partial charge in [-0.1, -0.05) is 322 Å². The molecular formula is C63H125NO11S. The van der Waals surface area contributed by atoms with Crippen molar-refractivity contribution < 1.29 is 51.8 Å². The summed E-state index contributed by atoms with van der Waals surface area (Å²) in [5.41, 5.74) is 0. The highest BCUT2D eigenvalue weighted by Crippen LogP contribution is 2.27. The number of nitrogens with one attached hydrogen (secondary N) is 1. The third kappa shape index (κ3) is 44.8. The highest BCUT2D eigenvalue weighted by Gasteiger charge is 2.48. The minimum atomic E-state index is -5.08. The van der Waals surface area contributed by atoms with Gasteiger partial charge < -0.3 is 35.2 Å². The normalized spacial score (nSPS) is 18.9. The predicted octanol–water partition coefficient (Wildman–Crippen LogP) is 16.4. The summed E-state index contributed by atoms with van der Waals surface area (Å²) in [5, 5.41) is 45.3. The van der Waals surface area contributed by atoms with E-state index >= 15 is 0 Å². The first-order chi connectivity index (χ1) is 37.0. The van der Waals surface area contributed by atoms with Crippen molar-refractivity contribution in [3.8, 4) is 0 Å². The van der Waals surface area contributed by atoms with Gasteiger partial charge in [-0.05, 0) is 12.8 Å². The summed E-state index contributed by atoms with van der Waals surface area (Å²) < 4.78 is 48.1. The van der Waals surface area contributed by atoms with Gasteiger partial charge in [0.05, 0.1) is 25.4 Å². The lowest BCUT2D eigenvalue weighted by molar-refractivity contribution is -0.298. The van der Waals surface area contributed by atoms with Gasteiger partial charge in [-0.3, -0.25) is 9.35 Å². The Hall–Kier alpha value is -0.900. The Morgan fingerprint density at radius 3 is 1.05 bits per heavy atom. The predicted molar refractivity (Wildman–Crippen MR) is 315 cm³/mol. The molecule has 1 aliphatic rings. The lowest BCUT2D eigenvalue weighted by Crippen LogP contribution is -2.61. The van der Waals surface area contributed by atoms with E-state index in [1.54, 1.807) is 0 Å². The lowest BCUT2D eigenvalue weighted by Gasteiger charge is -2.41. The number of carbonyl (C=O) groups is 1. The summed E-state index contributed by atoms with van der Waals surface area (Å²) in [5.74, 6) is -0.220. The minimum Gasteiger partial charge on any atom is -0.394 e. The van der Waals surface area contributed by atoms with Crippen LogP contribution in [0.2, 0.25) is 0 Å². The Labute approximate surface area is 468 Å². The van der Waals surface area contributed by atoms with Crippen LogP contribution in [-0.4, -0.2) is 95.4 Å². The van der Waals surface area contributed by atoms with E-state index in [-0.39, 0.29) is 12.5 Å². The number of hydrogen-bond acceptors (Lipinski definition) is 10. The molecule has 454 valence electrons. The molecule has 1 fully saturated rings.